The predicted octanol–water partition coefficient (Wildman–Crippen LogP) is 3.40. The zero-order valence-electron chi connectivity index (χ0n) is 10.8. The summed E-state index contributed by atoms with van der Waals surface area (Å²) in [5.41, 5.74) is 5.33. The van der Waals surface area contributed by atoms with Gasteiger partial charge in [0.1, 0.15) is 0 Å². The van der Waals surface area contributed by atoms with E-state index in [-0.39, 0.29) is 0 Å². The fourth-order valence-electron chi connectivity index (χ4n) is 1.46. The highest BCUT2D eigenvalue weighted by Crippen LogP contribution is 2.10. The van der Waals surface area contributed by atoms with Crippen LogP contribution >= 0.6 is 34.8 Å². The number of benzene rings is 1. The summed E-state index contributed by atoms with van der Waals surface area (Å²) in [7, 11) is 0. The van der Waals surface area contributed by atoms with E-state index < -0.39 is 0 Å². The second-order valence-corrected chi connectivity index (χ2v) is 5.64. The van der Waals surface area contributed by atoms with Crippen molar-refractivity contribution in [2.24, 2.45) is 5.10 Å². The van der Waals surface area contributed by atoms with Crippen LogP contribution in [0.4, 0.5) is 5.69 Å². The van der Waals surface area contributed by atoms with Crippen molar-refractivity contribution in [3.63, 3.8) is 0 Å². The number of rotatable bonds is 3. The van der Waals surface area contributed by atoms with Crippen LogP contribution in [0.2, 0.25) is 0 Å². The smallest absolute Gasteiger partial charge is 0.191 e. The van der Waals surface area contributed by atoms with E-state index in [0.29, 0.717) is 5.11 Å². The zero-order valence-corrected chi connectivity index (χ0v) is 13.8. The van der Waals surface area contributed by atoms with Crippen LogP contribution in [0.3, 0.4) is 0 Å². The maximum Gasteiger partial charge on any atom is 0.191 e. The third kappa shape index (κ3) is 4.53. The molecule has 1 aromatic heterocycles. The van der Waals surface area contributed by atoms with Crippen LogP contribution in [0.1, 0.15) is 12.6 Å². The highest BCUT2D eigenvalue weighted by atomic mass is 127. The average molecular weight is 396 g/mol. The van der Waals surface area contributed by atoms with Crippen LogP contribution in [-0.2, 0) is 0 Å². The fourth-order valence-corrected chi connectivity index (χ4v) is 1.98. The summed E-state index contributed by atoms with van der Waals surface area (Å²) in [4.78, 5) is 4.21. The second-order valence-electron chi connectivity index (χ2n) is 3.99. The van der Waals surface area contributed by atoms with Crippen molar-refractivity contribution < 1.29 is 0 Å². The Bertz CT molecular complexity index is 611. The number of nitrogens with zero attached hydrogens (tertiary/aromatic N) is 2. The summed E-state index contributed by atoms with van der Waals surface area (Å²) in [6.45, 7) is 1.88. The monoisotopic (exact) mass is 396 g/mol. The van der Waals surface area contributed by atoms with Gasteiger partial charge in [0.25, 0.3) is 0 Å². The number of thiocarbonyl (C=S) groups is 1. The van der Waals surface area contributed by atoms with Gasteiger partial charge in [-0.25, -0.2) is 0 Å². The third-order valence-corrected chi connectivity index (χ3v) is 3.38. The fraction of sp³-hybridized carbons (Fsp3) is 0.0714. The van der Waals surface area contributed by atoms with E-state index in [1.54, 1.807) is 6.20 Å². The lowest BCUT2D eigenvalue weighted by Gasteiger charge is -2.07. The van der Waals surface area contributed by atoms with Crippen LogP contribution in [0, 0.1) is 3.57 Å². The zero-order chi connectivity index (χ0) is 14.4. The number of pyridine rings is 1. The molecule has 0 unspecified atom stereocenters. The van der Waals surface area contributed by atoms with Gasteiger partial charge in [-0.2, -0.15) is 5.10 Å². The van der Waals surface area contributed by atoms with E-state index in [9.17, 15) is 0 Å². The van der Waals surface area contributed by atoms with Gasteiger partial charge >= 0.3 is 0 Å². The first kappa shape index (κ1) is 14.9. The molecule has 20 heavy (non-hydrogen) atoms. The van der Waals surface area contributed by atoms with E-state index >= 15 is 0 Å². The number of hydrogen-bond acceptors (Lipinski definition) is 3. The lowest BCUT2D eigenvalue weighted by atomic mass is 10.3. The molecule has 0 fully saturated rings. The molecule has 0 amide bonds. The Morgan fingerprint density at radius 3 is 2.60 bits per heavy atom. The van der Waals surface area contributed by atoms with Gasteiger partial charge in [-0.15, -0.1) is 0 Å². The SMILES string of the molecule is C/C(=N/NC(=S)Nc1ccc(I)cc1)c1ccccn1. The number of nitrogens with one attached hydrogen (secondary N) is 2. The standard InChI is InChI=1S/C14H13IN4S/c1-10(13-4-2-3-9-16-13)18-19-14(20)17-12-7-5-11(15)6-8-12/h2-9H,1H3,(H2,17,19,20)/b18-10-. The highest BCUT2D eigenvalue weighted by molar-refractivity contribution is 14.1. The third-order valence-electron chi connectivity index (χ3n) is 2.46. The molecule has 2 N–H and O–H groups in total. The molecular formula is C14H13IN4S. The topological polar surface area (TPSA) is 49.3 Å². The molecule has 0 atom stereocenters. The Balaban J connectivity index is 1.93. The van der Waals surface area contributed by atoms with E-state index in [1.807, 2.05) is 49.4 Å². The van der Waals surface area contributed by atoms with Crippen molar-refractivity contribution in [3.8, 4) is 0 Å². The molecule has 0 aliphatic heterocycles. The number of anilines is 1. The van der Waals surface area contributed by atoms with Gasteiger partial charge in [-0.05, 0) is 78.1 Å². The first-order chi connectivity index (χ1) is 9.65. The van der Waals surface area contributed by atoms with Gasteiger partial charge in [0.05, 0.1) is 11.4 Å². The molecule has 0 spiro atoms. The van der Waals surface area contributed by atoms with Crippen molar-refractivity contribution >= 4 is 51.3 Å². The molecule has 102 valence electrons. The van der Waals surface area contributed by atoms with Crippen LogP contribution in [0.5, 0.6) is 0 Å². The maximum absolute atomic E-state index is 5.19. The quantitative estimate of drug-likeness (QED) is 0.362. The van der Waals surface area contributed by atoms with Crippen molar-refractivity contribution in [3.05, 3.63) is 57.9 Å². The van der Waals surface area contributed by atoms with Crippen molar-refractivity contribution in [2.75, 3.05) is 5.32 Å². The summed E-state index contributed by atoms with van der Waals surface area (Å²) in [6.07, 6.45) is 1.73. The lowest BCUT2D eigenvalue weighted by Crippen LogP contribution is -2.25. The molecule has 1 heterocycles. The van der Waals surface area contributed by atoms with E-state index in [4.69, 9.17) is 12.2 Å². The molecule has 2 aromatic rings. The Morgan fingerprint density at radius 2 is 1.95 bits per heavy atom. The lowest BCUT2D eigenvalue weighted by molar-refractivity contribution is 1.03. The molecule has 0 bridgehead atoms. The minimum absolute atomic E-state index is 0.446. The Labute approximate surface area is 136 Å². The van der Waals surface area contributed by atoms with Gasteiger partial charge in [0.2, 0.25) is 0 Å². The minimum Gasteiger partial charge on any atom is -0.331 e. The number of halogens is 1. The highest BCUT2D eigenvalue weighted by Gasteiger charge is 1.99. The Kier molecular flexibility index (Phi) is 5.42. The van der Waals surface area contributed by atoms with Gasteiger partial charge in [0.15, 0.2) is 5.11 Å². The number of aromatic nitrogens is 1. The first-order valence-electron chi connectivity index (χ1n) is 5.93. The largest absolute Gasteiger partial charge is 0.331 e. The molecule has 0 aliphatic carbocycles. The molecule has 4 nitrogen and oxygen atoms in total. The summed E-state index contributed by atoms with van der Waals surface area (Å²) in [5, 5.41) is 7.72. The van der Waals surface area contributed by atoms with Crippen LogP contribution in [-0.4, -0.2) is 15.8 Å². The molecular weight excluding hydrogens is 383 g/mol. The maximum atomic E-state index is 5.19. The van der Waals surface area contributed by atoms with Crippen LogP contribution in [0.25, 0.3) is 0 Å². The average Bonchev–Trinajstić information content (AvgIpc) is 2.48. The van der Waals surface area contributed by atoms with Gasteiger partial charge < -0.3 is 5.32 Å². The molecule has 6 heteroatoms. The Hall–Kier alpha value is -1.54. The molecule has 0 aliphatic rings. The van der Waals surface area contributed by atoms with Crippen molar-refractivity contribution in [2.45, 2.75) is 6.92 Å². The van der Waals surface area contributed by atoms with Gasteiger partial charge in [-0.3, -0.25) is 10.4 Å². The van der Waals surface area contributed by atoms with Gasteiger partial charge in [-0.1, -0.05) is 6.07 Å². The Morgan fingerprint density at radius 1 is 1.20 bits per heavy atom. The molecule has 0 saturated heterocycles. The minimum atomic E-state index is 0.446. The molecule has 0 radical (unpaired) electrons. The summed E-state index contributed by atoms with van der Waals surface area (Å²) in [6, 6.07) is 13.6. The van der Waals surface area contributed by atoms with E-state index in [1.165, 1.54) is 3.57 Å². The normalized spacial score (nSPS) is 11.0. The van der Waals surface area contributed by atoms with Crippen molar-refractivity contribution in [1.29, 1.82) is 0 Å². The number of hydrazone groups is 1. The molecule has 2 rings (SSSR count). The number of hydrogen-bond donors (Lipinski definition) is 2. The van der Waals surface area contributed by atoms with E-state index in [0.717, 1.165) is 17.1 Å². The molecule has 1 aromatic carbocycles. The predicted molar refractivity (Wildman–Crippen MR) is 95.0 cm³/mol. The second kappa shape index (κ2) is 7.30. The first-order valence-corrected chi connectivity index (χ1v) is 7.42. The van der Waals surface area contributed by atoms with Crippen LogP contribution in [0.15, 0.2) is 53.8 Å². The van der Waals surface area contributed by atoms with Gasteiger partial charge in [0, 0.05) is 15.5 Å². The summed E-state index contributed by atoms with van der Waals surface area (Å²) < 4.78 is 1.18. The summed E-state index contributed by atoms with van der Waals surface area (Å²) >= 11 is 7.44. The van der Waals surface area contributed by atoms with Crippen LogP contribution < -0.4 is 10.7 Å². The van der Waals surface area contributed by atoms with Crippen molar-refractivity contribution in [1.82, 2.24) is 10.4 Å². The molecule has 0 saturated carbocycles. The summed E-state index contributed by atoms with van der Waals surface area (Å²) in [5.74, 6) is 0. The van der Waals surface area contributed by atoms with E-state index in [2.05, 4.69) is 43.4 Å².